The third-order valence-electron chi connectivity index (χ3n) is 2.99. The summed E-state index contributed by atoms with van der Waals surface area (Å²) < 4.78 is 27.3. The fraction of sp³-hybridized carbons (Fsp3) is 1.00. The maximum Gasteiger partial charge on any atom is 0.281 e. The SMILES string of the molecule is CN(CC(C)(C)CN)S(=O)(=O)N1CCCC1.Cl. The van der Waals surface area contributed by atoms with Crippen molar-refractivity contribution in [1.82, 2.24) is 8.61 Å². The van der Waals surface area contributed by atoms with E-state index < -0.39 is 10.2 Å². The van der Waals surface area contributed by atoms with Crippen molar-refractivity contribution in [3.63, 3.8) is 0 Å². The molecule has 0 aliphatic carbocycles. The van der Waals surface area contributed by atoms with Crippen LogP contribution in [0, 0.1) is 5.41 Å². The summed E-state index contributed by atoms with van der Waals surface area (Å²) in [5.74, 6) is 0. The van der Waals surface area contributed by atoms with Gasteiger partial charge in [0, 0.05) is 26.7 Å². The zero-order chi connectivity index (χ0) is 12.4. The van der Waals surface area contributed by atoms with Gasteiger partial charge in [-0.1, -0.05) is 13.8 Å². The summed E-state index contributed by atoms with van der Waals surface area (Å²) in [6, 6.07) is 0. The molecule has 7 heteroatoms. The highest BCUT2D eigenvalue weighted by Crippen LogP contribution is 2.20. The zero-order valence-corrected chi connectivity index (χ0v) is 12.5. The summed E-state index contributed by atoms with van der Waals surface area (Å²) in [7, 11) is -1.64. The first kappa shape index (κ1) is 17.1. The van der Waals surface area contributed by atoms with E-state index in [-0.39, 0.29) is 17.8 Å². The average Bonchev–Trinajstić information content (AvgIpc) is 2.70. The van der Waals surface area contributed by atoms with Gasteiger partial charge in [0.25, 0.3) is 10.2 Å². The molecule has 0 aromatic carbocycles. The van der Waals surface area contributed by atoms with Crippen molar-refractivity contribution in [2.75, 3.05) is 33.2 Å². The van der Waals surface area contributed by atoms with Gasteiger partial charge in [-0.15, -0.1) is 12.4 Å². The Bertz CT molecular complexity index is 326. The third kappa shape index (κ3) is 4.37. The lowest BCUT2D eigenvalue weighted by Gasteiger charge is -2.31. The van der Waals surface area contributed by atoms with Crippen molar-refractivity contribution in [1.29, 1.82) is 0 Å². The maximum atomic E-state index is 12.1. The number of halogens is 1. The van der Waals surface area contributed by atoms with E-state index in [1.165, 1.54) is 4.31 Å². The topological polar surface area (TPSA) is 66.6 Å². The van der Waals surface area contributed by atoms with Crippen LogP contribution in [-0.2, 0) is 10.2 Å². The molecule has 0 saturated carbocycles. The molecule has 0 amide bonds. The van der Waals surface area contributed by atoms with Crippen LogP contribution < -0.4 is 5.73 Å². The molecule has 1 heterocycles. The Labute approximate surface area is 111 Å². The monoisotopic (exact) mass is 285 g/mol. The summed E-state index contributed by atoms with van der Waals surface area (Å²) in [5.41, 5.74) is 5.44. The maximum absolute atomic E-state index is 12.1. The molecule has 0 atom stereocenters. The largest absolute Gasteiger partial charge is 0.330 e. The summed E-state index contributed by atoms with van der Waals surface area (Å²) in [5, 5.41) is 0. The van der Waals surface area contributed by atoms with Gasteiger partial charge in [0.2, 0.25) is 0 Å². The molecule has 0 bridgehead atoms. The van der Waals surface area contributed by atoms with Crippen molar-refractivity contribution in [3.05, 3.63) is 0 Å². The van der Waals surface area contributed by atoms with Gasteiger partial charge in [0.05, 0.1) is 0 Å². The molecule has 1 rings (SSSR count). The van der Waals surface area contributed by atoms with Crippen molar-refractivity contribution < 1.29 is 8.42 Å². The second kappa shape index (κ2) is 6.33. The van der Waals surface area contributed by atoms with Gasteiger partial charge in [-0.05, 0) is 24.8 Å². The van der Waals surface area contributed by atoms with Crippen LogP contribution >= 0.6 is 12.4 Å². The molecule has 17 heavy (non-hydrogen) atoms. The van der Waals surface area contributed by atoms with E-state index in [1.807, 2.05) is 13.8 Å². The van der Waals surface area contributed by atoms with Crippen LogP contribution in [0.5, 0.6) is 0 Å². The molecule has 1 fully saturated rings. The van der Waals surface area contributed by atoms with Gasteiger partial charge < -0.3 is 5.73 Å². The molecule has 5 nitrogen and oxygen atoms in total. The fourth-order valence-corrected chi connectivity index (χ4v) is 3.49. The molecular formula is C10H24ClN3O2S. The molecule has 0 radical (unpaired) electrons. The first-order valence-electron chi connectivity index (χ1n) is 5.71. The summed E-state index contributed by atoms with van der Waals surface area (Å²) >= 11 is 0. The highest BCUT2D eigenvalue weighted by Gasteiger charge is 2.32. The van der Waals surface area contributed by atoms with E-state index in [1.54, 1.807) is 11.4 Å². The minimum absolute atomic E-state index is 0. The average molecular weight is 286 g/mol. The number of hydrogen-bond donors (Lipinski definition) is 1. The zero-order valence-electron chi connectivity index (χ0n) is 10.8. The van der Waals surface area contributed by atoms with Crippen molar-refractivity contribution in [2.24, 2.45) is 11.1 Å². The normalized spacial score (nSPS) is 18.4. The molecule has 0 aromatic rings. The highest BCUT2D eigenvalue weighted by molar-refractivity contribution is 7.86. The minimum atomic E-state index is -3.27. The Morgan fingerprint density at radius 3 is 2.18 bits per heavy atom. The van der Waals surface area contributed by atoms with Crippen LogP contribution in [0.2, 0.25) is 0 Å². The van der Waals surface area contributed by atoms with E-state index in [4.69, 9.17) is 5.73 Å². The lowest BCUT2D eigenvalue weighted by Crippen LogP contribution is -2.45. The van der Waals surface area contributed by atoms with E-state index in [2.05, 4.69) is 0 Å². The van der Waals surface area contributed by atoms with Gasteiger partial charge in [-0.25, -0.2) is 0 Å². The lowest BCUT2D eigenvalue weighted by molar-refractivity contribution is 0.278. The quantitative estimate of drug-likeness (QED) is 0.807. The number of hydrogen-bond acceptors (Lipinski definition) is 3. The van der Waals surface area contributed by atoms with Crippen LogP contribution in [-0.4, -0.2) is 50.3 Å². The number of nitrogens with two attached hydrogens (primary N) is 1. The highest BCUT2D eigenvalue weighted by atomic mass is 35.5. The lowest BCUT2D eigenvalue weighted by atomic mass is 9.94. The summed E-state index contributed by atoms with van der Waals surface area (Å²) in [6.07, 6.45) is 1.93. The van der Waals surface area contributed by atoms with E-state index >= 15 is 0 Å². The molecule has 0 spiro atoms. The molecule has 104 valence electrons. The smallest absolute Gasteiger partial charge is 0.281 e. The molecule has 2 N–H and O–H groups in total. The minimum Gasteiger partial charge on any atom is -0.330 e. The Morgan fingerprint density at radius 2 is 1.76 bits per heavy atom. The van der Waals surface area contributed by atoms with Gasteiger partial charge >= 0.3 is 0 Å². The van der Waals surface area contributed by atoms with Crippen LogP contribution in [0.1, 0.15) is 26.7 Å². The summed E-state index contributed by atoms with van der Waals surface area (Å²) in [4.78, 5) is 0. The molecular weight excluding hydrogens is 262 g/mol. The van der Waals surface area contributed by atoms with Crippen molar-refractivity contribution in [3.8, 4) is 0 Å². The molecule has 0 unspecified atom stereocenters. The van der Waals surface area contributed by atoms with E-state index in [0.717, 1.165) is 12.8 Å². The number of rotatable bonds is 5. The Morgan fingerprint density at radius 1 is 1.29 bits per heavy atom. The van der Waals surface area contributed by atoms with Crippen molar-refractivity contribution in [2.45, 2.75) is 26.7 Å². The van der Waals surface area contributed by atoms with Gasteiger partial charge in [-0.3, -0.25) is 0 Å². The third-order valence-corrected chi connectivity index (χ3v) is 4.92. The van der Waals surface area contributed by atoms with Crippen LogP contribution in [0.3, 0.4) is 0 Å². The molecule has 0 aromatic heterocycles. The molecule has 1 saturated heterocycles. The van der Waals surface area contributed by atoms with Crippen LogP contribution in [0.15, 0.2) is 0 Å². The predicted octanol–water partition coefficient (Wildman–Crippen LogP) is 0.666. The fourth-order valence-electron chi connectivity index (χ4n) is 1.86. The standard InChI is InChI=1S/C10H23N3O2S.ClH/c1-10(2,8-11)9-12(3)16(14,15)13-6-4-5-7-13;/h4-9,11H2,1-3H3;1H. The second-order valence-corrected chi connectivity index (χ2v) is 7.27. The molecule has 1 aliphatic heterocycles. The number of nitrogens with zero attached hydrogens (tertiary/aromatic N) is 2. The second-order valence-electron chi connectivity index (χ2n) is 5.24. The van der Waals surface area contributed by atoms with Gasteiger partial charge in [-0.2, -0.15) is 17.0 Å². The van der Waals surface area contributed by atoms with Crippen molar-refractivity contribution >= 4 is 22.6 Å². The van der Waals surface area contributed by atoms with Gasteiger partial charge in [0.1, 0.15) is 0 Å². The molecule has 1 aliphatic rings. The van der Waals surface area contributed by atoms with Crippen LogP contribution in [0.25, 0.3) is 0 Å². The Balaban J connectivity index is 0.00000256. The first-order valence-corrected chi connectivity index (χ1v) is 7.11. The predicted molar refractivity (Wildman–Crippen MR) is 72.4 cm³/mol. The van der Waals surface area contributed by atoms with E-state index in [0.29, 0.717) is 26.2 Å². The van der Waals surface area contributed by atoms with Gasteiger partial charge in [0.15, 0.2) is 0 Å². The summed E-state index contributed by atoms with van der Waals surface area (Å²) in [6.45, 7) is 6.19. The Hall–Kier alpha value is 0.120. The Kier molecular flexibility index (Phi) is 6.38. The van der Waals surface area contributed by atoms with E-state index in [9.17, 15) is 8.42 Å². The van der Waals surface area contributed by atoms with Crippen LogP contribution in [0.4, 0.5) is 0 Å². The first-order chi connectivity index (χ1) is 7.29.